The van der Waals surface area contributed by atoms with Gasteiger partial charge in [-0.3, -0.25) is 14.6 Å². The highest BCUT2D eigenvalue weighted by Crippen LogP contribution is 2.19. The molecule has 2 atom stereocenters. The van der Waals surface area contributed by atoms with Crippen molar-refractivity contribution in [1.29, 1.82) is 0 Å². The number of benzene rings is 3. The van der Waals surface area contributed by atoms with Crippen molar-refractivity contribution in [3.05, 3.63) is 78.4 Å². The summed E-state index contributed by atoms with van der Waals surface area (Å²) in [5.41, 5.74) is 18.5. The smallest absolute Gasteiger partial charge is 0.246 e. The highest BCUT2D eigenvalue weighted by atomic mass is 16.2. The first kappa shape index (κ1) is 23.7. The minimum absolute atomic E-state index is 0.0129. The van der Waals surface area contributed by atoms with Gasteiger partial charge in [-0.1, -0.05) is 60.7 Å². The topological polar surface area (TPSA) is 149 Å². The normalized spacial score (nSPS) is 12.5. The third kappa shape index (κ3) is 7.33. The zero-order valence-electron chi connectivity index (χ0n) is 18.4. The molecule has 8 heteroatoms. The molecule has 8 N–H and O–H groups in total. The maximum Gasteiger partial charge on any atom is 0.246 e. The van der Waals surface area contributed by atoms with Crippen molar-refractivity contribution >= 4 is 34.2 Å². The van der Waals surface area contributed by atoms with Crippen LogP contribution in [0.3, 0.4) is 0 Å². The predicted molar refractivity (Wildman–Crippen MR) is 133 cm³/mol. The van der Waals surface area contributed by atoms with E-state index >= 15 is 0 Å². The number of aliphatic imine (C=N–C) groups is 1. The Labute approximate surface area is 193 Å². The zero-order valence-corrected chi connectivity index (χ0v) is 18.4. The van der Waals surface area contributed by atoms with Crippen molar-refractivity contribution in [2.75, 3.05) is 11.9 Å². The van der Waals surface area contributed by atoms with E-state index in [-0.39, 0.29) is 17.8 Å². The van der Waals surface area contributed by atoms with Gasteiger partial charge in [-0.25, -0.2) is 0 Å². The number of anilines is 1. The molecule has 0 heterocycles. The van der Waals surface area contributed by atoms with Crippen LogP contribution < -0.4 is 27.8 Å². The van der Waals surface area contributed by atoms with Crippen molar-refractivity contribution in [3.8, 4) is 0 Å². The van der Waals surface area contributed by atoms with Crippen LogP contribution in [0.15, 0.2) is 77.8 Å². The fraction of sp³-hybridized carbons (Fsp3) is 0.240. The standard InChI is InChI=1S/C25H30N6O2/c26-21(15-17-7-2-1-3-8-17)23(32)31-22(11-6-14-29-25(27)28)24(33)30-20-13-12-18-9-4-5-10-19(18)16-20/h1-5,7-10,12-13,16,21-22H,6,11,14-15,26H2,(H,30,33)(H,31,32)(H4,27,28,29). The van der Waals surface area contributed by atoms with Crippen LogP contribution >= 0.6 is 0 Å². The van der Waals surface area contributed by atoms with Crippen LogP contribution in [0.2, 0.25) is 0 Å². The molecule has 3 aromatic carbocycles. The Morgan fingerprint density at radius 2 is 1.58 bits per heavy atom. The SMILES string of the molecule is NC(N)=NCCCC(NC(=O)C(N)Cc1ccccc1)C(=O)Nc1ccc2ccccc2c1. The van der Waals surface area contributed by atoms with Gasteiger partial charge in [0.05, 0.1) is 6.04 Å². The summed E-state index contributed by atoms with van der Waals surface area (Å²) in [5.74, 6) is -0.726. The lowest BCUT2D eigenvalue weighted by Gasteiger charge is -2.21. The molecule has 0 saturated heterocycles. The monoisotopic (exact) mass is 446 g/mol. The molecule has 2 unspecified atom stereocenters. The quantitative estimate of drug-likeness (QED) is 0.183. The Morgan fingerprint density at radius 3 is 2.30 bits per heavy atom. The summed E-state index contributed by atoms with van der Waals surface area (Å²) in [6.07, 6.45) is 1.25. The van der Waals surface area contributed by atoms with Crippen molar-refractivity contribution in [2.45, 2.75) is 31.3 Å². The van der Waals surface area contributed by atoms with Crippen LogP contribution in [0.5, 0.6) is 0 Å². The minimum atomic E-state index is -0.778. The van der Waals surface area contributed by atoms with Gasteiger partial charge in [-0.05, 0) is 47.7 Å². The molecule has 0 aliphatic rings. The molecular weight excluding hydrogens is 416 g/mol. The average molecular weight is 447 g/mol. The van der Waals surface area contributed by atoms with Gasteiger partial charge in [0.1, 0.15) is 6.04 Å². The second-order valence-electron chi connectivity index (χ2n) is 7.86. The maximum atomic E-state index is 13.0. The van der Waals surface area contributed by atoms with Crippen LogP contribution in [-0.2, 0) is 16.0 Å². The van der Waals surface area contributed by atoms with Crippen molar-refractivity contribution < 1.29 is 9.59 Å². The van der Waals surface area contributed by atoms with Crippen molar-refractivity contribution in [1.82, 2.24) is 5.32 Å². The van der Waals surface area contributed by atoms with E-state index in [1.54, 1.807) is 0 Å². The predicted octanol–water partition coefficient (Wildman–Crippen LogP) is 1.89. The van der Waals surface area contributed by atoms with Crippen molar-refractivity contribution in [3.63, 3.8) is 0 Å². The number of guanidine groups is 1. The number of carbonyl (C=O) groups excluding carboxylic acids is 2. The lowest BCUT2D eigenvalue weighted by molar-refractivity contribution is -0.127. The minimum Gasteiger partial charge on any atom is -0.370 e. The van der Waals surface area contributed by atoms with Crippen molar-refractivity contribution in [2.24, 2.45) is 22.2 Å². The molecule has 0 fully saturated rings. The Hall–Kier alpha value is -3.91. The van der Waals surface area contributed by atoms with Crippen LogP contribution in [-0.4, -0.2) is 36.4 Å². The fourth-order valence-corrected chi connectivity index (χ4v) is 3.51. The zero-order chi connectivity index (χ0) is 23.6. The highest BCUT2D eigenvalue weighted by molar-refractivity contribution is 5.99. The summed E-state index contributed by atoms with van der Waals surface area (Å²) >= 11 is 0. The molecule has 0 aliphatic carbocycles. The molecule has 172 valence electrons. The van der Waals surface area contributed by atoms with Gasteiger partial charge in [0.25, 0.3) is 0 Å². The lowest BCUT2D eigenvalue weighted by Crippen LogP contribution is -2.50. The Balaban J connectivity index is 1.67. The van der Waals surface area contributed by atoms with Gasteiger partial charge in [-0.2, -0.15) is 0 Å². The third-order valence-corrected chi connectivity index (χ3v) is 5.23. The van der Waals surface area contributed by atoms with Gasteiger partial charge >= 0.3 is 0 Å². The average Bonchev–Trinajstić information content (AvgIpc) is 2.81. The first-order chi connectivity index (χ1) is 15.9. The van der Waals surface area contributed by atoms with E-state index < -0.39 is 12.1 Å². The number of rotatable bonds is 10. The summed E-state index contributed by atoms with van der Waals surface area (Å²) in [6.45, 7) is 0.355. The molecule has 3 aromatic rings. The summed E-state index contributed by atoms with van der Waals surface area (Å²) in [6, 6.07) is 21.5. The van der Waals surface area contributed by atoms with Gasteiger partial charge < -0.3 is 27.8 Å². The number of carbonyl (C=O) groups is 2. The van der Waals surface area contributed by atoms with Crippen LogP contribution in [0.4, 0.5) is 5.69 Å². The van der Waals surface area contributed by atoms with Gasteiger partial charge in [0.2, 0.25) is 11.8 Å². The fourth-order valence-electron chi connectivity index (χ4n) is 3.51. The van der Waals surface area contributed by atoms with E-state index in [0.717, 1.165) is 16.3 Å². The molecule has 2 amide bonds. The summed E-state index contributed by atoms with van der Waals surface area (Å²) < 4.78 is 0. The number of hydrogen-bond donors (Lipinski definition) is 5. The molecular formula is C25H30N6O2. The third-order valence-electron chi connectivity index (χ3n) is 5.23. The summed E-state index contributed by atoms with van der Waals surface area (Å²) in [4.78, 5) is 29.7. The first-order valence-corrected chi connectivity index (χ1v) is 10.9. The molecule has 8 nitrogen and oxygen atoms in total. The van der Waals surface area contributed by atoms with Gasteiger partial charge in [0, 0.05) is 12.2 Å². The molecule has 0 bridgehead atoms. The van der Waals surface area contributed by atoms with E-state index in [9.17, 15) is 9.59 Å². The number of nitrogens with zero attached hydrogens (tertiary/aromatic N) is 1. The molecule has 3 rings (SSSR count). The summed E-state index contributed by atoms with van der Waals surface area (Å²) in [5, 5.41) is 7.78. The second kappa shape index (κ2) is 11.6. The Morgan fingerprint density at radius 1 is 0.879 bits per heavy atom. The van der Waals surface area contributed by atoms with Gasteiger partial charge in [-0.15, -0.1) is 0 Å². The van der Waals surface area contributed by atoms with E-state index in [1.165, 1.54) is 0 Å². The van der Waals surface area contributed by atoms with E-state index in [1.807, 2.05) is 72.8 Å². The maximum absolute atomic E-state index is 13.0. The van der Waals surface area contributed by atoms with Gasteiger partial charge in [0.15, 0.2) is 5.96 Å². The Bertz CT molecular complexity index is 1110. The van der Waals surface area contributed by atoms with E-state index in [0.29, 0.717) is 31.5 Å². The van der Waals surface area contributed by atoms with Crippen LogP contribution in [0.1, 0.15) is 18.4 Å². The lowest BCUT2D eigenvalue weighted by atomic mass is 10.0. The van der Waals surface area contributed by atoms with E-state index in [2.05, 4.69) is 15.6 Å². The number of hydrogen-bond acceptors (Lipinski definition) is 4. The molecule has 0 aromatic heterocycles. The number of amides is 2. The first-order valence-electron chi connectivity index (χ1n) is 10.9. The van der Waals surface area contributed by atoms with Crippen LogP contribution in [0, 0.1) is 0 Å². The largest absolute Gasteiger partial charge is 0.370 e. The molecule has 0 radical (unpaired) electrons. The van der Waals surface area contributed by atoms with E-state index in [4.69, 9.17) is 17.2 Å². The molecule has 0 aliphatic heterocycles. The molecule has 33 heavy (non-hydrogen) atoms. The van der Waals surface area contributed by atoms with Crippen LogP contribution in [0.25, 0.3) is 10.8 Å². The highest BCUT2D eigenvalue weighted by Gasteiger charge is 2.24. The summed E-state index contributed by atoms with van der Waals surface area (Å²) in [7, 11) is 0. The molecule has 0 saturated carbocycles. The Kier molecular flexibility index (Phi) is 8.37. The second-order valence-corrected chi connectivity index (χ2v) is 7.86. The molecule has 0 spiro atoms. The number of fused-ring (bicyclic) bond motifs is 1. The number of nitrogens with one attached hydrogen (secondary N) is 2. The number of nitrogens with two attached hydrogens (primary N) is 3.